The largest absolute Gasteiger partial charge is 0.467 e. The molecular formula is C30H42ClN7O2. The standard InChI is InChI=1S/C23H28ClN5O2.C5H11N.C2H3N/c1-16-5-4-6-20(17(16)2)29-10-8-18-19(15-29)25-23(31-3)26-22(18)28-13-11-27(12-14-28)21(30)7-9-24;1-6-4-2-3-5-6;1-2-3/h4-7,9H,8,10-15H2,1-3H3;2-5H2,1H3;1H3/b9-7-;;. The number of carbonyl (C=O) groups is 1. The van der Waals surface area contributed by atoms with Gasteiger partial charge >= 0.3 is 6.01 Å². The molecule has 2 aromatic rings. The first-order valence-corrected chi connectivity index (χ1v) is 14.3. The van der Waals surface area contributed by atoms with Crippen molar-refractivity contribution < 1.29 is 9.53 Å². The summed E-state index contributed by atoms with van der Waals surface area (Å²) < 4.78 is 5.43. The van der Waals surface area contributed by atoms with E-state index in [1.54, 1.807) is 13.2 Å². The fourth-order valence-corrected chi connectivity index (χ4v) is 5.31. The normalized spacial score (nSPS) is 16.9. The minimum atomic E-state index is -0.0545. The fraction of sp³-hybridized carbons (Fsp3) is 0.533. The highest BCUT2D eigenvalue weighted by atomic mass is 35.5. The molecule has 0 spiro atoms. The molecule has 0 atom stereocenters. The number of likely N-dealkylation sites (tertiary alicyclic amines) is 1. The predicted octanol–water partition coefficient (Wildman–Crippen LogP) is 4.31. The highest BCUT2D eigenvalue weighted by Gasteiger charge is 2.28. The highest BCUT2D eigenvalue weighted by molar-refractivity contribution is 6.26. The lowest BCUT2D eigenvalue weighted by molar-refractivity contribution is -0.126. The Morgan fingerprint density at radius 2 is 1.73 bits per heavy atom. The molecule has 0 radical (unpaired) electrons. The average molecular weight is 568 g/mol. The van der Waals surface area contributed by atoms with Crippen LogP contribution >= 0.6 is 11.6 Å². The SMILES string of the molecule is CC#N.CN1CCCC1.COc1nc2c(c(N3CCN(C(=O)/C=C\Cl)CC3)n1)CCN(c1cccc(C)c1C)C2. The van der Waals surface area contributed by atoms with Crippen molar-refractivity contribution in [1.29, 1.82) is 5.26 Å². The van der Waals surface area contributed by atoms with Gasteiger partial charge in [0.05, 0.1) is 25.4 Å². The van der Waals surface area contributed by atoms with Crippen molar-refractivity contribution in [1.82, 2.24) is 19.8 Å². The van der Waals surface area contributed by atoms with Crippen molar-refractivity contribution in [2.75, 3.05) is 69.8 Å². The van der Waals surface area contributed by atoms with Gasteiger partial charge in [0.2, 0.25) is 5.91 Å². The van der Waals surface area contributed by atoms with Gasteiger partial charge < -0.3 is 24.3 Å². The minimum Gasteiger partial charge on any atom is -0.467 e. The number of aromatic nitrogens is 2. The van der Waals surface area contributed by atoms with Crippen molar-refractivity contribution in [3.63, 3.8) is 0 Å². The summed E-state index contributed by atoms with van der Waals surface area (Å²) in [4.78, 5) is 30.3. The van der Waals surface area contributed by atoms with Crippen LogP contribution in [0.2, 0.25) is 0 Å². The Hall–Kier alpha value is -3.35. The molecule has 2 fully saturated rings. The van der Waals surface area contributed by atoms with Crippen molar-refractivity contribution in [3.05, 3.63) is 52.2 Å². The van der Waals surface area contributed by atoms with Crippen molar-refractivity contribution in [2.24, 2.45) is 0 Å². The monoisotopic (exact) mass is 567 g/mol. The van der Waals surface area contributed by atoms with Crippen molar-refractivity contribution >= 4 is 29.0 Å². The Morgan fingerprint density at radius 3 is 2.30 bits per heavy atom. The molecule has 9 nitrogen and oxygen atoms in total. The van der Waals surface area contributed by atoms with Gasteiger partial charge in [-0.05, 0) is 70.4 Å². The first kappa shape index (κ1) is 31.2. The number of ether oxygens (including phenoxy) is 1. The Balaban J connectivity index is 0.000000421. The van der Waals surface area contributed by atoms with E-state index in [2.05, 4.69) is 53.8 Å². The number of methoxy groups -OCH3 is 1. The molecule has 0 saturated carbocycles. The maximum atomic E-state index is 12.1. The third kappa shape index (κ3) is 8.09. The number of hydrogen-bond acceptors (Lipinski definition) is 8. The van der Waals surface area contributed by atoms with Crippen LogP contribution in [0, 0.1) is 25.2 Å². The van der Waals surface area contributed by atoms with E-state index >= 15 is 0 Å². The van der Waals surface area contributed by atoms with Crippen LogP contribution in [0.15, 0.2) is 29.8 Å². The molecule has 1 aromatic heterocycles. The third-order valence-electron chi connectivity index (χ3n) is 7.55. The molecule has 2 saturated heterocycles. The number of nitriles is 1. The second kappa shape index (κ2) is 15.4. The first-order chi connectivity index (χ1) is 19.3. The molecule has 40 heavy (non-hydrogen) atoms. The van der Waals surface area contributed by atoms with Gasteiger partial charge in [-0.3, -0.25) is 4.79 Å². The lowest BCUT2D eigenvalue weighted by atomic mass is 10.0. The maximum absolute atomic E-state index is 12.1. The number of amides is 1. The molecular weight excluding hydrogens is 526 g/mol. The van der Waals surface area contributed by atoms with Gasteiger partial charge in [0.25, 0.3) is 0 Å². The maximum Gasteiger partial charge on any atom is 0.318 e. The number of halogens is 1. The Labute approximate surface area is 244 Å². The number of piperazine rings is 1. The van der Waals surface area contributed by atoms with Gasteiger partial charge in [-0.1, -0.05) is 23.7 Å². The summed E-state index contributed by atoms with van der Waals surface area (Å²) in [6, 6.07) is 8.57. The van der Waals surface area contributed by atoms with E-state index < -0.39 is 0 Å². The van der Waals surface area contributed by atoms with Crippen LogP contribution in [0.25, 0.3) is 0 Å². The summed E-state index contributed by atoms with van der Waals surface area (Å²) >= 11 is 5.55. The van der Waals surface area contributed by atoms with Crippen molar-refractivity contribution in [3.8, 4) is 12.1 Å². The number of carbonyl (C=O) groups excluding carboxylic acids is 1. The lowest BCUT2D eigenvalue weighted by Gasteiger charge is -2.38. The number of fused-ring (bicyclic) bond motifs is 1. The van der Waals surface area contributed by atoms with E-state index in [0.29, 0.717) is 19.1 Å². The number of hydrogen-bond donors (Lipinski definition) is 0. The Bertz CT molecular complexity index is 1200. The van der Waals surface area contributed by atoms with Crippen LogP contribution in [0.1, 0.15) is 42.1 Å². The summed E-state index contributed by atoms with van der Waals surface area (Å²) in [6.45, 7) is 12.7. The van der Waals surface area contributed by atoms with Gasteiger partial charge in [-0.2, -0.15) is 15.2 Å². The van der Waals surface area contributed by atoms with Gasteiger partial charge in [0, 0.05) is 62.5 Å². The lowest BCUT2D eigenvalue weighted by Crippen LogP contribution is -2.49. The molecule has 3 aliphatic heterocycles. The number of rotatable bonds is 4. The van der Waals surface area contributed by atoms with Crippen LogP contribution in [0.3, 0.4) is 0 Å². The van der Waals surface area contributed by atoms with E-state index in [9.17, 15) is 4.79 Å². The van der Waals surface area contributed by atoms with Crippen LogP contribution in [0.5, 0.6) is 6.01 Å². The summed E-state index contributed by atoms with van der Waals surface area (Å²) in [7, 11) is 3.78. The average Bonchev–Trinajstić information content (AvgIpc) is 3.45. The van der Waals surface area contributed by atoms with Crippen LogP contribution < -0.4 is 14.5 Å². The van der Waals surface area contributed by atoms with Gasteiger partial charge in [0.15, 0.2) is 0 Å². The topological polar surface area (TPSA) is 88.8 Å². The number of nitrogens with zero attached hydrogens (tertiary/aromatic N) is 7. The quantitative estimate of drug-likeness (QED) is 0.505. The fourth-order valence-electron chi connectivity index (χ4n) is 5.20. The van der Waals surface area contributed by atoms with Gasteiger partial charge in [-0.25, -0.2) is 0 Å². The molecule has 4 heterocycles. The smallest absolute Gasteiger partial charge is 0.318 e. The summed E-state index contributed by atoms with van der Waals surface area (Å²) in [5.74, 6) is 0.878. The summed E-state index contributed by atoms with van der Waals surface area (Å²) in [6.07, 6.45) is 5.10. The zero-order valence-corrected chi connectivity index (χ0v) is 25.2. The zero-order valence-electron chi connectivity index (χ0n) is 24.5. The summed E-state index contributed by atoms with van der Waals surface area (Å²) in [5.41, 5.74) is 7.31. The van der Waals surface area contributed by atoms with Crippen LogP contribution in [0.4, 0.5) is 11.5 Å². The Kier molecular flexibility index (Phi) is 12.0. The third-order valence-corrected chi connectivity index (χ3v) is 7.67. The van der Waals surface area contributed by atoms with E-state index in [-0.39, 0.29) is 5.91 Å². The van der Waals surface area contributed by atoms with Crippen molar-refractivity contribution in [2.45, 2.75) is 46.6 Å². The second-order valence-electron chi connectivity index (χ2n) is 10.2. The Morgan fingerprint density at radius 1 is 1.05 bits per heavy atom. The molecule has 3 aliphatic rings. The van der Waals surface area contributed by atoms with E-state index in [4.69, 9.17) is 31.6 Å². The van der Waals surface area contributed by atoms with E-state index in [0.717, 1.165) is 44.1 Å². The minimum absolute atomic E-state index is 0.0545. The molecule has 0 aliphatic carbocycles. The predicted molar refractivity (Wildman–Crippen MR) is 161 cm³/mol. The molecule has 216 valence electrons. The number of anilines is 2. The molecule has 0 bridgehead atoms. The van der Waals surface area contributed by atoms with Gasteiger partial charge in [0.1, 0.15) is 5.82 Å². The number of aryl methyl sites for hydroxylation is 1. The van der Waals surface area contributed by atoms with E-state index in [1.807, 2.05) is 4.90 Å². The van der Waals surface area contributed by atoms with Crippen LogP contribution in [-0.4, -0.2) is 85.6 Å². The number of benzene rings is 1. The zero-order chi connectivity index (χ0) is 29.1. The van der Waals surface area contributed by atoms with Gasteiger partial charge in [-0.15, -0.1) is 0 Å². The summed E-state index contributed by atoms with van der Waals surface area (Å²) in [5, 5.41) is 7.32. The molecule has 0 N–H and O–H groups in total. The molecule has 5 rings (SSSR count). The molecule has 0 unspecified atom stereocenters. The second-order valence-corrected chi connectivity index (χ2v) is 10.4. The first-order valence-electron chi connectivity index (χ1n) is 13.9. The molecule has 10 heteroatoms. The van der Waals surface area contributed by atoms with Crippen LogP contribution in [-0.2, 0) is 17.8 Å². The van der Waals surface area contributed by atoms with E-state index in [1.165, 1.54) is 66.8 Å². The highest BCUT2D eigenvalue weighted by Crippen LogP contribution is 2.33. The molecule has 1 amide bonds. The molecule has 1 aromatic carbocycles.